The van der Waals surface area contributed by atoms with Crippen LogP contribution in [-0.4, -0.2) is 68.7 Å². The standard InChI is InChI=1S/C38H64N2O7/c1-26(2)7-6-8-27(3)31-11-12-32-30-10-9-28-25-29(15-17-37(28,4)33(30)16-18-38(31,32)5)47-36(44)40-20-22-46-24-23-45-21-19-39-34(41)13-14-35(42)43/h9,26-27,29-33H,6-8,10-25H2,1-5H3,(H,39,41)(H,40,44)(H,42,43)/t27?,29-,30-,31+,32-,33-,37-,38+/m0/s1. The fourth-order valence-corrected chi connectivity index (χ4v) is 10.1. The molecule has 4 rings (SSSR count). The summed E-state index contributed by atoms with van der Waals surface area (Å²) in [5, 5.41) is 14.0. The molecule has 0 aromatic heterocycles. The van der Waals surface area contributed by atoms with Gasteiger partial charge in [0.15, 0.2) is 0 Å². The summed E-state index contributed by atoms with van der Waals surface area (Å²) < 4.78 is 16.8. The van der Waals surface area contributed by atoms with Gasteiger partial charge in [-0.05, 0) is 91.3 Å². The fourth-order valence-electron chi connectivity index (χ4n) is 10.1. The first-order valence-corrected chi connectivity index (χ1v) is 18.7. The van der Waals surface area contributed by atoms with Gasteiger partial charge in [-0.3, -0.25) is 9.59 Å². The zero-order valence-electron chi connectivity index (χ0n) is 30.0. The van der Waals surface area contributed by atoms with E-state index in [0.29, 0.717) is 44.9 Å². The lowest BCUT2D eigenvalue weighted by Crippen LogP contribution is -2.51. The van der Waals surface area contributed by atoms with Crippen molar-refractivity contribution in [1.29, 1.82) is 0 Å². The normalized spacial score (nSPS) is 32.0. The Balaban J connectivity index is 1.13. The Morgan fingerprint density at radius 1 is 0.894 bits per heavy atom. The van der Waals surface area contributed by atoms with Crippen LogP contribution in [0.2, 0.25) is 0 Å². The highest BCUT2D eigenvalue weighted by Gasteiger charge is 2.59. The molecule has 3 saturated carbocycles. The average Bonchev–Trinajstić information content (AvgIpc) is 3.38. The highest BCUT2D eigenvalue weighted by atomic mass is 16.6. The Hall–Kier alpha value is -2.13. The summed E-state index contributed by atoms with van der Waals surface area (Å²) in [6.07, 6.45) is 15.7. The Morgan fingerprint density at radius 2 is 1.62 bits per heavy atom. The van der Waals surface area contributed by atoms with Gasteiger partial charge in [0.1, 0.15) is 6.10 Å². The van der Waals surface area contributed by atoms with Gasteiger partial charge in [0.25, 0.3) is 0 Å². The number of allylic oxidation sites excluding steroid dienone is 1. The summed E-state index contributed by atoms with van der Waals surface area (Å²) in [7, 11) is 0. The van der Waals surface area contributed by atoms with E-state index in [9.17, 15) is 14.4 Å². The molecule has 268 valence electrons. The van der Waals surface area contributed by atoms with Crippen LogP contribution in [0.4, 0.5) is 4.79 Å². The van der Waals surface area contributed by atoms with E-state index in [1.54, 1.807) is 0 Å². The summed E-state index contributed by atoms with van der Waals surface area (Å²) in [5.74, 6) is 3.64. The minimum Gasteiger partial charge on any atom is -0.481 e. The summed E-state index contributed by atoms with van der Waals surface area (Å²) in [6.45, 7) is 14.5. The largest absolute Gasteiger partial charge is 0.481 e. The molecule has 8 atom stereocenters. The van der Waals surface area contributed by atoms with Crippen LogP contribution in [0, 0.1) is 46.3 Å². The maximum Gasteiger partial charge on any atom is 0.407 e. The van der Waals surface area contributed by atoms with Crippen LogP contribution in [0.5, 0.6) is 0 Å². The van der Waals surface area contributed by atoms with E-state index in [0.717, 1.165) is 54.8 Å². The summed E-state index contributed by atoms with van der Waals surface area (Å²) in [5.41, 5.74) is 2.27. The predicted molar refractivity (Wildman–Crippen MR) is 183 cm³/mol. The van der Waals surface area contributed by atoms with Crippen LogP contribution in [0.3, 0.4) is 0 Å². The molecule has 0 spiro atoms. The van der Waals surface area contributed by atoms with Crippen molar-refractivity contribution in [2.75, 3.05) is 39.5 Å². The third-order valence-electron chi connectivity index (χ3n) is 12.6. The predicted octanol–water partition coefficient (Wildman–Crippen LogP) is 7.14. The number of hydrogen-bond donors (Lipinski definition) is 3. The van der Waals surface area contributed by atoms with E-state index in [1.165, 1.54) is 56.9 Å². The molecule has 0 bridgehead atoms. The molecule has 0 aromatic rings. The topological polar surface area (TPSA) is 123 Å². The molecule has 4 aliphatic rings. The van der Waals surface area contributed by atoms with Gasteiger partial charge >= 0.3 is 12.1 Å². The van der Waals surface area contributed by atoms with Crippen LogP contribution < -0.4 is 10.6 Å². The van der Waals surface area contributed by atoms with E-state index in [-0.39, 0.29) is 36.4 Å². The first kappa shape index (κ1) is 37.7. The number of carbonyl (C=O) groups is 3. The lowest BCUT2D eigenvalue weighted by molar-refractivity contribution is -0.138. The number of ether oxygens (including phenoxy) is 3. The number of fused-ring (bicyclic) bond motifs is 5. The molecule has 0 saturated heterocycles. The quantitative estimate of drug-likeness (QED) is 0.106. The van der Waals surface area contributed by atoms with E-state index in [4.69, 9.17) is 19.3 Å². The summed E-state index contributed by atoms with van der Waals surface area (Å²) in [4.78, 5) is 34.5. The molecule has 4 aliphatic carbocycles. The number of nitrogens with one attached hydrogen (secondary N) is 2. The second-order valence-electron chi connectivity index (χ2n) is 16.0. The second-order valence-corrected chi connectivity index (χ2v) is 16.0. The van der Waals surface area contributed by atoms with Gasteiger partial charge in [-0.15, -0.1) is 0 Å². The lowest BCUT2D eigenvalue weighted by atomic mass is 9.47. The molecule has 47 heavy (non-hydrogen) atoms. The number of rotatable bonds is 18. The number of aliphatic carboxylic acids is 1. The van der Waals surface area contributed by atoms with Gasteiger partial charge in [-0.2, -0.15) is 0 Å². The Kier molecular flexibility index (Phi) is 14.0. The molecular formula is C38H64N2O7. The number of hydrogen-bond acceptors (Lipinski definition) is 6. The number of amides is 2. The average molecular weight is 661 g/mol. The van der Waals surface area contributed by atoms with Crippen molar-refractivity contribution in [3.63, 3.8) is 0 Å². The Labute approximate surface area is 283 Å². The SMILES string of the molecule is CC(C)CCCC(C)[C@H]1CC[C@H]2[C@@H]3CC=C4C[C@@H](OC(=O)NCCOCCOCCNC(=O)CCC(=O)O)CC[C@]4(C)[C@H]3CC[C@]12C. The van der Waals surface area contributed by atoms with Gasteiger partial charge in [-0.1, -0.05) is 65.5 Å². The summed E-state index contributed by atoms with van der Waals surface area (Å²) >= 11 is 0. The first-order chi connectivity index (χ1) is 22.4. The van der Waals surface area contributed by atoms with Crippen molar-refractivity contribution in [1.82, 2.24) is 10.6 Å². The zero-order chi connectivity index (χ0) is 34.0. The number of alkyl carbamates (subject to hydrolysis) is 1. The van der Waals surface area contributed by atoms with Crippen LogP contribution >= 0.6 is 0 Å². The van der Waals surface area contributed by atoms with Crippen LogP contribution in [0.1, 0.15) is 118 Å². The molecule has 0 aromatic carbocycles. The van der Waals surface area contributed by atoms with Crippen molar-refractivity contribution >= 4 is 18.0 Å². The highest BCUT2D eigenvalue weighted by Crippen LogP contribution is 2.67. The second kappa shape index (κ2) is 17.5. The van der Waals surface area contributed by atoms with E-state index < -0.39 is 5.97 Å². The molecule has 1 unspecified atom stereocenters. The molecule has 0 aliphatic heterocycles. The molecular weight excluding hydrogens is 596 g/mol. The Morgan fingerprint density at radius 3 is 2.32 bits per heavy atom. The third-order valence-corrected chi connectivity index (χ3v) is 12.6. The Bertz CT molecular complexity index is 1080. The molecule has 0 heterocycles. The first-order valence-electron chi connectivity index (χ1n) is 18.7. The van der Waals surface area contributed by atoms with Crippen LogP contribution in [0.25, 0.3) is 0 Å². The third kappa shape index (κ3) is 9.96. The smallest absolute Gasteiger partial charge is 0.407 e. The monoisotopic (exact) mass is 660 g/mol. The molecule has 0 radical (unpaired) electrons. The van der Waals surface area contributed by atoms with Crippen molar-refractivity contribution in [2.45, 2.75) is 124 Å². The van der Waals surface area contributed by atoms with Crippen molar-refractivity contribution < 1.29 is 33.7 Å². The molecule has 9 nitrogen and oxygen atoms in total. The molecule has 3 fully saturated rings. The minimum atomic E-state index is -0.992. The minimum absolute atomic E-state index is 0.0362. The zero-order valence-corrected chi connectivity index (χ0v) is 30.0. The van der Waals surface area contributed by atoms with Gasteiger partial charge in [0.05, 0.1) is 32.8 Å². The fraction of sp³-hybridized carbons (Fsp3) is 0.868. The highest BCUT2D eigenvalue weighted by molar-refractivity contribution is 5.80. The maximum absolute atomic E-state index is 12.6. The van der Waals surface area contributed by atoms with Gasteiger partial charge in [0, 0.05) is 25.9 Å². The molecule has 9 heteroatoms. The number of carboxylic acids is 1. The van der Waals surface area contributed by atoms with Gasteiger partial charge in [-0.25, -0.2) is 4.79 Å². The van der Waals surface area contributed by atoms with Crippen molar-refractivity contribution in [3.05, 3.63) is 11.6 Å². The van der Waals surface area contributed by atoms with Gasteiger partial charge in [0.2, 0.25) is 5.91 Å². The van der Waals surface area contributed by atoms with Crippen LogP contribution in [0.15, 0.2) is 11.6 Å². The van der Waals surface area contributed by atoms with E-state index >= 15 is 0 Å². The van der Waals surface area contributed by atoms with E-state index in [2.05, 4.69) is 51.3 Å². The van der Waals surface area contributed by atoms with E-state index in [1.807, 2.05) is 0 Å². The molecule has 3 N–H and O–H groups in total. The van der Waals surface area contributed by atoms with Crippen molar-refractivity contribution in [3.8, 4) is 0 Å². The van der Waals surface area contributed by atoms with Gasteiger partial charge < -0.3 is 30.0 Å². The maximum atomic E-state index is 12.6. The number of carbonyl (C=O) groups excluding carboxylic acids is 2. The summed E-state index contributed by atoms with van der Waals surface area (Å²) in [6, 6.07) is 0. The lowest BCUT2D eigenvalue weighted by Gasteiger charge is -2.58. The molecule has 2 amide bonds. The number of carboxylic acid groups (broad SMARTS) is 1. The van der Waals surface area contributed by atoms with Crippen LogP contribution in [-0.2, 0) is 23.8 Å². The van der Waals surface area contributed by atoms with Crippen molar-refractivity contribution in [2.24, 2.45) is 46.3 Å².